The fourth-order valence-electron chi connectivity index (χ4n) is 2.40. The van der Waals surface area contributed by atoms with Crippen LogP contribution in [0.1, 0.15) is 29.8 Å². The SMILES string of the molecule is COc1ccc(C(=O)NC(C(=O)NCc2ccccc2)C(C)C)cc1. The van der Waals surface area contributed by atoms with Gasteiger partial charge < -0.3 is 15.4 Å². The second-order valence-corrected chi connectivity index (χ2v) is 6.13. The molecule has 5 heteroatoms. The normalized spacial score (nSPS) is 11.7. The van der Waals surface area contributed by atoms with Crippen molar-refractivity contribution in [2.24, 2.45) is 5.92 Å². The summed E-state index contributed by atoms with van der Waals surface area (Å²) in [6, 6.07) is 15.8. The Morgan fingerprint density at radius 3 is 2.20 bits per heavy atom. The van der Waals surface area contributed by atoms with E-state index in [2.05, 4.69) is 10.6 Å². The Labute approximate surface area is 148 Å². The summed E-state index contributed by atoms with van der Waals surface area (Å²) in [6.07, 6.45) is 0. The third-order valence-electron chi connectivity index (χ3n) is 3.90. The van der Waals surface area contributed by atoms with Gasteiger partial charge in [0.2, 0.25) is 5.91 Å². The molecule has 2 N–H and O–H groups in total. The quantitative estimate of drug-likeness (QED) is 0.814. The predicted octanol–water partition coefficient (Wildman–Crippen LogP) is 2.77. The topological polar surface area (TPSA) is 67.4 Å². The number of methoxy groups -OCH3 is 1. The molecular formula is C20H24N2O3. The van der Waals surface area contributed by atoms with Crippen LogP contribution in [0.5, 0.6) is 5.75 Å². The molecule has 0 aromatic heterocycles. The van der Waals surface area contributed by atoms with E-state index in [0.717, 1.165) is 5.56 Å². The molecule has 0 aliphatic rings. The number of benzene rings is 2. The van der Waals surface area contributed by atoms with Gasteiger partial charge in [0.25, 0.3) is 5.91 Å². The minimum atomic E-state index is -0.599. The zero-order valence-corrected chi connectivity index (χ0v) is 14.8. The molecule has 2 aromatic rings. The molecule has 0 fully saturated rings. The molecule has 0 saturated carbocycles. The molecule has 2 rings (SSSR count). The van der Waals surface area contributed by atoms with Gasteiger partial charge in [-0.3, -0.25) is 9.59 Å². The number of carbonyl (C=O) groups excluding carboxylic acids is 2. The molecular weight excluding hydrogens is 316 g/mol. The molecule has 25 heavy (non-hydrogen) atoms. The van der Waals surface area contributed by atoms with Gasteiger partial charge in [-0.05, 0) is 35.7 Å². The summed E-state index contributed by atoms with van der Waals surface area (Å²) < 4.78 is 5.08. The molecule has 2 amide bonds. The van der Waals surface area contributed by atoms with Crippen molar-refractivity contribution in [3.05, 3.63) is 65.7 Å². The maximum absolute atomic E-state index is 12.5. The van der Waals surface area contributed by atoms with Crippen molar-refractivity contribution in [2.45, 2.75) is 26.4 Å². The largest absolute Gasteiger partial charge is 0.497 e. The van der Waals surface area contributed by atoms with Crippen molar-refractivity contribution in [1.29, 1.82) is 0 Å². The number of nitrogens with one attached hydrogen (secondary N) is 2. The third kappa shape index (κ3) is 5.35. The van der Waals surface area contributed by atoms with E-state index < -0.39 is 6.04 Å². The molecule has 0 heterocycles. The van der Waals surface area contributed by atoms with Crippen molar-refractivity contribution >= 4 is 11.8 Å². The van der Waals surface area contributed by atoms with E-state index in [1.807, 2.05) is 44.2 Å². The smallest absolute Gasteiger partial charge is 0.251 e. The molecule has 0 saturated heterocycles. The lowest BCUT2D eigenvalue weighted by Gasteiger charge is -2.22. The minimum Gasteiger partial charge on any atom is -0.497 e. The highest BCUT2D eigenvalue weighted by Crippen LogP contribution is 2.12. The summed E-state index contributed by atoms with van der Waals surface area (Å²) in [4.78, 5) is 24.9. The van der Waals surface area contributed by atoms with Crippen molar-refractivity contribution in [3.63, 3.8) is 0 Å². The average Bonchev–Trinajstić information content (AvgIpc) is 2.64. The summed E-state index contributed by atoms with van der Waals surface area (Å²) in [5.74, 6) is 0.174. The molecule has 0 bridgehead atoms. The van der Waals surface area contributed by atoms with E-state index in [1.165, 1.54) is 0 Å². The number of hydrogen-bond donors (Lipinski definition) is 2. The van der Waals surface area contributed by atoms with Crippen molar-refractivity contribution in [3.8, 4) is 5.75 Å². The molecule has 5 nitrogen and oxygen atoms in total. The average molecular weight is 340 g/mol. The van der Waals surface area contributed by atoms with Crippen LogP contribution in [0.2, 0.25) is 0 Å². The number of ether oxygens (including phenoxy) is 1. The predicted molar refractivity (Wildman–Crippen MR) is 97.4 cm³/mol. The molecule has 1 atom stereocenters. The van der Waals surface area contributed by atoms with Crippen LogP contribution in [0, 0.1) is 5.92 Å². The highest BCUT2D eigenvalue weighted by Gasteiger charge is 2.24. The number of hydrogen-bond acceptors (Lipinski definition) is 3. The monoisotopic (exact) mass is 340 g/mol. The van der Waals surface area contributed by atoms with Crippen LogP contribution in [0.25, 0.3) is 0 Å². The van der Waals surface area contributed by atoms with E-state index in [9.17, 15) is 9.59 Å². The minimum absolute atomic E-state index is 0.0297. The van der Waals surface area contributed by atoms with E-state index in [4.69, 9.17) is 4.74 Å². The van der Waals surface area contributed by atoms with Gasteiger partial charge in [0.1, 0.15) is 11.8 Å². The fourth-order valence-corrected chi connectivity index (χ4v) is 2.40. The lowest BCUT2D eigenvalue weighted by Crippen LogP contribution is -2.49. The van der Waals surface area contributed by atoms with Gasteiger partial charge in [-0.1, -0.05) is 44.2 Å². The summed E-state index contributed by atoms with van der Waals surface area (Å²) in [6.45, 7) is 4.24. The standard InChI is InChI=1S/C20H24N2O3/c1-14(2)18(20(24)21-13-15-7-5-4-6-8-15)22-19(23)16-9-11-17(25-3)12-10-16/h4-12,14,18H,13H2,1-3H3,(H,21,24)(H,22,23). The molecule has 0 spiro atoms. The highest BCUT2D eigenvalue weighted by atomic mass is 16.5. The van der Waals surface area contributed by atoms with Crippen molar-refractivity contribution < 1.29 is 14.3 Å². The Bertz CT molecular complexity index is 697. The van der Waals surface area contributed by atoms with Gasteiger partial charge in [0, 0.05) is 12.1 Å². The van der Waals surface area contributed by atoms with E-state index in [0.29, 0.717) is 17.9 Å². The summed E-state index contributed by atoms with van der Waals surface area (Å²) in [7, 11) is 1.57. The zero-order valence-electron chi connectivity index (χ0n) is 14.8. The van der Waals surface area contributed by atoms with Gasteiger partial charge in [-0.25, -0.2) is 0 Å². The Kier molecular flexibility index (Phi) is 6.57. The van der Waals surface area contributed by atoms with Crippen LogP contribution in [-0.4, -0.2) is 25.0 Å². The molecule has 0 radical (unpaired) electrons. The van der Waals surface area contributed by atoms with Gasteiger partial charge in [0.05, 0.1) is 7.11 Å². The summed E-state index contributed by atoms with van der Waals surface area (Å²) in [5.41, 5.74) is 1.50. The first kappa shape index (κ1) is 18.5. The van der Waals surface area contributed by atoms with Gasteiger partial charge in [0.15, 0.2) is 0 Å². The first-order valence-electron chi connectivity index (χ1n) is 8.28. The van der Waals surface area contributed by atoms with Gasteiger partial charge in [-0.15, -0.1) is 0 Å². The Balaban J connectivity index is 1.98. The molecule has 132 valence electrons. The van der Waals surface area contributed by atoms with Gasteiger partial charge in [-0.2, -0.15) is 0 Å². The Morgan fingerprint density at radius 1 is 1.00 bits per heavy atom. The van der Waals surface area contributed by atoms with Crippen LogP contribution in [0.4, 0.5) is 0 Å². The third-order valence-corrected chi connectivity index (χ3v) is 3.90. The number of carbonyl (C=O) groups is 2. The molecule has 0 aliphatic heterocycles. The summed E-state index contributed by atoms with van der Waals surface area (Å²) >= 11 is 0. The molecule has 1 unspecified atom stereocenters. The van der Waals surface area contributed by atoms with E-state index in [-0.39, 0.29) is 17.7 Å². The van der Waals surface area contributed by atoms with Crippen molar-refractivity contribution in [2.75, 3.05) is 7.11 Å². The second kappa shape index (κ2) is 8.87. The lowest BCUT2D eigenvalue weighted by molar-refractivity contribution is -0.124. The van der Waals surface area contributed by atoms with Crippen LogP contribution in [0.15, 0.2) is 54.6 Å². The van der Waals surface area contributed by atoms with E-state index >= 15 is 0 Å². The highest BCUT2D eigenvalue weighted by molar-refractivity contribution is 5.97. The van der Waals surface area contributed by atoms with Crippen LogP contribution in [-0.2, 0) is 11.3 Å². The van der Waals surface area contributed by atoms with Crippen LogP contribution in [0.3, 0.4) is 0 Å². The van der Waals surface area contributed by atoms with E-state index in [1.54, 1.807) is 31.4 Å². The fraction of sp³-hybridized carbons (Fsp3) is 0.300. The maximum atomic E-state index is 12.5. The molecule has 0 aliphatic carbocycles. The Morgan fingerprint density at radius 2 is 1.64 bits per heavy atom. The van der Waals surface area contributed by atoms with Crippen molar-refractivity contribution in [1.82, 2.24) is 10.6 Å². The summed E-state index contributed by atoms with van der Waals surface area (Å²) in [5, 5.41) is 5.70. The molecule has 2 aromatic carbocycles. The number of amides is 2. The zero-order chi connectivity index (χ0) is 18.2. The number of rotatable bonds is 7. The maximum Gasteiger partial charge on any atom is 0.251 e. The van der Waals surface area contributed by atoms with Crippen LogP contribution >= 0.6 is 0 Å². The lowest BCUT2D eigenvalue weighted by atomic mass is 10.0. The van der Waals surface area contributed by atoms with Gasteiger partial charge >= 0.3 is 0 Å². The first-order valence-corrected chi connectivity index (χ1v) is 8.28. The first-order chi connectivity index (χ1) is 12.0. The Hall–Kier alpha value is -2.82. The second-order valence-electron chi connectivity index (χ2n) is 6.13. The van der Waals surface area contributed by atoms with Crippen LogP contribution < -0.4 is 15.4 Å².